The van der Waals surface area contributed by atoms with Gasteiger partial charge in [-0.3, -0.25) is 4.79 Å². The van der Waals surface area contributed by atoms with Crippen LogP contribution in [0.3, 0.4) is 0 Å². The van der Waals surface area contributed by atoms with Gasteiger partial charge in [0.25, 0.3) is 0 Å². The van der Waals surface area contributed by atoms with E-state index in [0.717, 1.165) is 31.8 Å². The van der Waals surface area contributed by atoms with E-state index < -0.39 is 5.97 Å². The number of aliphatic carboxylic acids is 1. The van der Waals surface area contributed by atoms with E-state index in [0.29, 0.717) is 0 Å². The van der Waals surface area contributed by atoms with Crippen LogP contribution in [0.2, 0.25) is 0 Å². The van der Waals surface area contributed by atoms with Crippen LogP contribution >= 0.6 is 0 Å². The maximum atomic E-state index is 12.3. The third-order valence-electron chi connectivity index (χ3n) is 4.20. The Morgan fingerprint density at radius 2 is 1.85 bits per heavy atom. The van der Waals surface area contributed by atoms with Crippen molar-refractivity contribution in [2.75, 3.05) is 13.1 Å². The van der Waals surface area contributed by atoms with Crippen molar-refractivity contribution in [2.45, 2.75) is 59.4 Å². The largest absolute Gasteiger partial charge is 0.481 e. The molecule has 1 rings (SSSR count). The summed E-state index contributed by atoms with van der Waals surface area (Å²) in [5, 5.41) is 11.9. The minimum Gasteiger partial charge on any atom is -0.481 e. The molecule has 5 heteroatoms. The first-order valence-electron chi connectivity index (χ1n) is 7.51. The number of rotatable bonds is 4. The molecule has 0 aliphatic carbocycles. The zero-order chi connectivity index (χ0) is 15.3. The van der Waals surface area contributed by atoms with Crippen LogP contribution in [0.1, 0.15) is 53.4 Å². The molecule has 1 heterocycles. The summed E-state index contributed by atoms with van der Waals surface area (Å²) in [6.45, 7) is 9.57. The lowest BCUT2D eigenvalue weighted by Gasteiger charge is -2.36. The van der Waals surface area contributed by atoms with Gasteiger partial charge in [0.15, 0.2) is 0 Å². The fourth-order valence-electron chi connectivity index (χ4n) is 2.53. The second-order valence-corrected chi connectivity index (χ2v) is 6.80. The van der Waals surface area contributed by atoms with Gasteiger partial charge < -0.3 is 15.3 Å². The summed E-state index contributed by atoms with van der Waals surface area (Å²) < 4.78 is 0. The fraction of sp³-hybridized carbons (Fsp3) is 0.867. The number of hydrogen-bond donors (Lipinski definition) is 2. The summed E-state index contributed by atoms with van der Waals surface area (Å²) in [7, 11) is 0. The number of carbonyl (C=O) groups excluding carboxylic acids is 1. The van der Waals surface area contributed by atoms with Gasteiger partial charge >= 0.3 is 12.0 Å². The minimum atomic E-state index is -0.880. The Morgan fingerprint density at radius 3 is 2.25 bits per heavy atom. The Hall–Kier alpha value is -1.26. The number of nitrogens with one attached hydrogen (secondary N) is 1. The van der Waals surface area contributed by atoms with Gasteiger partial charge in [0.05, 0.1) is 6.42 Å². The van der Waals surface area contributed by atoms with E-state index >= 15 is 0 Å². The Labute approximate surface area is 121 Å². The number of urea groups is 1. The number of nitrogens with zero attached hydrogens (tertiary/aromatic N) is 1. The van der Waals surface area contributed by atoms with Crippen molar-refractivity contribution in [3.05, 3.63) is 0 Å². The molecule has 1 saturated heterocycles. The third kappa shape index (κ3) is 5.02. The molecule has 0 spiro atoms. The molecular formula is C15H28N2O3. The molecule has 116 valence electrons. The lowest BCUT2D eigenvalue weighted by molar-refractivity contribution is -0.138. The number of hydrogen-bond acceptors (Lipinski definition) is 2. The maximum absolute atomic E-state index is 12.3. The van der Waals surface area contributed by atoms with Crippen LogP contribution in [-0.4, -0.2) is 41.1 Å². The molecule has 1 aliphatic rings. The van der Waals surface area contributed by atoms with Crippen molar-refractivity contribution >= 4 is 12.0 Å². The molecule has 5 nitrogen and oxygen atoms in total. The Bertz CT molecular complexity index is 342. The van der Waals surface area contributed by atoms with Gasteiger partial charge in [-0.1, -0.05) is 34.1 Å². The minimum absolute atomic E-state index is 0.0410. The van der Waals surface area contributed by atoms with Gasteiger partial charge in [0.1, 0.15) is 0 Å². The molecule has 2 N–H and O–H groups in total. The average Bonchev–Trinajstić information content (AvgIpc) is 2.36. The number of carboxylic acids is 1. The van der Waals surface area contributed by atoms with Crippen LogP contribution in [0, 0.1) is 11.3 Å². The molecule has 0 aromatic carbocycles. The second kappa shape index (κ2) is 6.95. The quantitative estimate of drug-likeness (QED) is 0.834. The van der Waals surface area contributed by atoms with Crippen LogP contribution < -0.4 is 5.32 Å². The van der Waals surface area contributed by atoms with Gasteiger partial charge in [-0.05, 0) is 24.2 Å². The zero-order valence-electron chi connectivity index (χ0n) is 13.1. The summed E-state index contributed by atoms with van der Waals surface area (Å²) in [6, 6.07) is -0.475. The highest BCUT2D eigenvalue weighted by molar-refractivity contribution is 5.76. The van der Waals surface area contributed by atoms with E-state index in [9.17, 15) is 9.59 Å². The van der Waals surface area contributed by atoms with Crippen LogP contribution in [0.5, 0.6) is 0 Å². The van der Waals surface area contributed by atoms with Gasteiger partial charge in [0, 0.05) is 19.1 Å². The highest BCUT2D eigenvalue weighted by Crippen LogP contribution is 2.23. The molecule has 1 aliphatic heterocycles. The van der Waals surface area contributed by atoms with E-state index in [-0.39, 0.29) is 23.9 Å². The molecule has 0 aromatic rings. The molecule has 2 amide bonds. The monoisotopic (exact) mass is 284 g/mol. The number of amides is 2. The van der Waals surface area contributed by atoms with Crippen molar-refractivity contribution in [2.24, 2.45) is 11.3 Å². The van der Waals surface area contributed by atoms with Gasteiger partial charge in [0.2, 0.25) is 0 Å². The predicted molar refractivity (Wildman–Crippen MR) is 78.6 cm³/mol. The lowest BCUT2D eigenvalue weighted by Crippen LogP contribution is -2.52. The Kier molecular flexibility index (Phi) is 5.84. The van der Waals surface area contributed by atoms with Crippen LogP contribution in [0.15, 0.2) is 0 Å². The molecule has 0 saturated carbocycles. The molecule has 1 unspecified atom stereocenters. The fourth-order valence-corrected chi connectivity index (χ4v) is 2.53. The number of likely N-dealkylation sites (tertiary alicyclic amines) is 1. The van der Waals surface area contributed by atoms with Crippen molar-refractivity contribution in [1.29, 1.82) is 0 Å². The van der Waals surface area contributed by atoms with E-state index in [2.05, 4.69) is 12.2 Å². The second-order valence-electron chi connectivity index (χ2n) is 6.80. The first-order chi connectivity index (χ1) is 9.24. The molecule has 1 atom stereocenters. The highest BCUT2D eigenvalue weighted by atomic mass is 16.4. The molecular weight excluding hydrogens is 256 g/mol. The van der Waals surface area contributed by atoms with Crippen molar-refractivity contribution in [3.63, 3.8) is 0 Å². The summed E-state index contributed by atoms with van der Waals surface area (Å²) in [5.41, 5.74) is -0.268. The van der Waals surface area contributed by atoms with E-state index in [1.54, 1.807) is 0 Å². The molecule has 1 fully saturated rings. The normalized spacial score (nSPS) is 18.7. The van der Waals surface area contributed by atoms with Crippen molar-refractivity contribution in [1.82, 2.24) is 10.2 Å². The smallest absolute Gasteiger partial charge is 0.317 e. The van der Waals surface area contributed by atoms with Crippen LogP contribution in [-0.2, 0) is 4.79 Å². The SMILES string of the molecule is CCC1CCN(C(=O)NC(CC(=O)O)C(C)(C)C)CC1. The maximum Gasteiger partial charge on any atom is 0.317 e. The van der Waals surface area contributed by atoms with E-state index in [4.69, 9.17) is 5.11 Å². The first kappa shape index (κ1) is 16.8. The van der Waals surface area contributed by atoms with Crippen molar-refractivity contribution < 1.29 is 14.7 Å². The summed E-state index contributed by atoms with van der Waals surface area (Å²) in [5.74, 6) is -0.161. The third-order valence-corrected chi connectivity index (χ3v) is 4.20. The summed E-state index contributed by atoms with van der Waals surface area (Å²) >= 11 is 0. The van der Waals surface area contributed by atoms with Crippen molar-refractivity contribution in [3.8, 4) is 0 Å². The Balaban J connectivity index is 2.56. The molecule has 0 aromatic heterocycles. The van der Waals surface area contributed by atoms with Gasteiger partial charge in [-0.2, -0.15) is 0 Å². The topological polar surface area (TPSA) is 69.6 Å². The summed E-state index contributed by atoms with van der Waals surface area (Å²) in [6.07, 6.45) is 3.21. The van der Waals surface area contributed by atoms with Gasteiger partial charge in [-0.15, -0.1) is 0 Å². The summed E-state index contributed by atoms with van der Waals surface area (Å²) in [4.78, 5) is 25.0. The van der Waals surface area contributed by atoms with Crippen LogP contribution in [0.25, 0.3) is 0 Å². The first-order valence-corrected chi connectivity index (χ1v) is 7.51. The standard InChI is InChI=1S/C15H28N2O3/c1-5-11-6-8-17(9-7-11)14(20)16-12(10-13(18)19)15(2,3)4/h11-12H,5-10H2,1-4H3,(H,16,20)(H,18,19). The Morgan fingerprint density at radius 1 is 1.30 bits per heavy atom. The number of carboxylic acid groups (broad SMARTS) is 1. The van der Waals surface area contributed by atoms with Crippen LogP contribution in [0.4, 0.5) is 4.79 Å². The molecule has 0 bridgehead atoms. The average molecular weight is 284 g/mol. The molecule has 20 heavy (non-hydrogen) atoms. The van der Waals surface area contributed by atoms with E-state index in [1.807, 2.05) is 25.7 Å². The highest BCUT2D eigenvalue weighted by Gasteiger charge is 2.30. The number of carbonyl (C=O) groups is 2. The van der Waals surface area contributed by atoms with Gasteiger partial charge in [-0.25, -0.2) is 4.79 Å². The molecule has 0 radical (unpaired) electrons. The van der Waals surface area contributed by atoms with E-state index in [1.165, 1.54) is 6.42 Å². The number of piperidine rings is 1. The zero-order valence-corrected chi connectivity index (χ0v) is 13.1. The predicted octanol–water partition coefficient (Wildman–Crippen LogP) is 2.71. The lowest BCUT2D eigenvalue weighted by atomic mass is 9.85.